The van der Waals surface area contributed by atoms with Gasteiger partial charge in [-0.25, -0.2) is 14.8 Å². The van der Waals surface area contributed by atoms with Gasteiger partial charge < -0.3 is 9.47 Å². The summed E-state index contributed by atoms with van der Waals surface area (Å²) in [5, 5.41) is 0. The Morgan fingerprint density at radius 1 is 1.17 bits per heavy atom. The van der Waals surface area contributed by atoms with E-state index in [-0.39, 0.29) is 11.6 Å². The summed E-state index contributed by atoms with van der Waals surface area (Å²) in [4.78, 5) is 19.3. The number of carbonyl (C=O) groups excluding carboxylic acids is 1. The number of benzene rings is 1. The lowest BCUT2D eigenvalue weighted by Gasteiger charge is -2.07. The summed E-state index contributed by atoms with van der Waals surface area (Å²) in [6.07, 6.45) is 2.85. The van der Waals surface area contributed by atoms with E-state index in [2.05, 4.69) is 30.6 Å². The maximum Gasteiger partial charge on any atom is 0.362 e. The highest BCUT2D eigenvalue weighted by molar-refractivity contribution is 9.10. The number of esters is 1. The molecule has 2 aromatic rings. The maximum atomic E-state index is 11.5. The van der Waals surface area contributed by atoms with E-state index in [4.69, 9.17) is 4.74 Å². The topological polar surface area (TPSA) is 61.3 Å². The third kappa shape index (κ3) is 2.84. The van der Waals surface area contributed by atoms with Crippen molar-refractivity contribution in [3.05, 3.63) is 46.8 Å². The van der Waals surface area contributed by atoms with Gasteiger partial charge in [0.25, 0.3) is 5.88 Å². The van der Waals surface area contributed by atoms with Gasteiger partial charge in [-0.2, -0.15) is 0 Å². The molecule has 6 heteroatoms. The van der Waals surface area contributed by atoms with E-state index in [0.717, 1.165) is 4.47 Å². The number of halogens is 1. The molecule has 0 aliphatic heterocycles. The predicted molar refractivity (Wildman–Crippen MR) is 67.6 cm³/mol. The van der Waals surface area contributed by atoms with E-state index in [1.807, 2.05) is 12.1 Å². The highest BCUT2D eigenvalue weighted by atomic mass is 79.9. The van der Waals surface area contributed by atoms with Crippen molar-refractivity contribution in [2.24, 2.45) is 0 Å². The summed E-state index contributed by atoms with van der Waals surface area (Å²) < 4.78 is 11.0. The van der Waals surface area contributed by atoms with Crippen LogP contribution in [-0.4, -0.2) is 23.0 Å². The van der Waals surface area contributed by atoms with Gasteiger partial charge in [0.2, 0.25) is 5.69 Å². The van der Waals surface area contributed by atoms with Crippen molar-refractivity contribution in [3.8, 4) is 11.6 Å². The summed E-state index contributed by atoms with van der Waals surface area (Å²) in [6, 6.07) is 7.15. The predicted octanol–water partition coefficient (Wildman–Crippen LogP) is 2.82. The standard InChI is InChI=1S/C12H9BrN2O3/c1-17-12(16)10-11(15-7-6-14-10)18-9-4-2-8(13)3-5-9/h2-7H,1H3. The first kappa shape index (κ1) is 12.5. The summed E-state index contributed by atoms with van der Waals surface area (Å²) in [7, 11) is 1.28. The van der Waals surface area contributed by atoms with E-state index in [9.17, 15) is 4.79 Å². The molecule has 1 aromatic carbocycles. The molecular weight excluding hydrogens is 300 g/mol. The van der Waals surface area contributed by atoms with Crippen molar-refractivity contribution in [2.75, 3.05) is 7.11 Å². The van der Waals surface area contributed by atoms with Gasteiger partial charge in [-0.05, 0) is 24.3 Å². The summed E-state index contributed by atoms with van der Waals surface area (Å²) in [5.41, 5.74) is 0.0444. The lowest BCUT2D eigenvalue weighted by molar-refractivity contribution is 0.0590. The van der Waals surface area contributed by atoms with Gasteiger partial charge in [0.1, 0.15) is 5.75 Å². The van der Waals surface area contributed by atoms with Crippen LogP contribution in [0, 0.1) is 0 Å². The van der Waals surface area contributed by atoms with Gasteiger partial charge in [-0.3, -0.25) is 0 Å². The fourth-order valence-electron chi connectivity index (χ4n) is 1.25. The summed E-state index contributed by atoms with van der Waals surface area (Å²) in [6.45, 7) is 0. The Hall–Kier alpha value is -1.95. The quantitative estimate of drug-likeness (QED) is 0.816. The minimum Gasteiger partial charge on any atom is -0.464 e. The van der Waals surface area contributed by atoms with E-state index in [1.54, 1.807) is 12.1 Å². The lowest BCUT2D eigenvalue weighted by Crippen LogP contribution is -2.07. The maximum absolute atomic E-state index is 11.5. The van der Waals surface area contributed by atoms with Gasteiger partial charge in [0.15, 0.2) is 0 Å². The largest absolute Gasteiger partial charge is 0.464 e. The van der Waals surface area contributed by atoms with Crippen molar-refractivity contribution < 1.29 is 14.3 Å². The normalized spacial score (nSPS) is 9.89. The number of hydrogen-bond acceptors (Lipinski definition) is 5. The molecule has 0 radical (unpaired) electrons. The average Bonchev–Trinajstić information content (AvgIpc) is 2.41. The molecule has 5 nitrogen and oxygen atoms in total. The van der Waals surface area contributed by atoms with E-state index >= 15 is 0 Å². The van der Waals surface area contributed by atoms with Crippen LogP contribution in [0.1, 0.15) is 10.5 Å². The lowest BCUT2D eigenvalue weighted by atomic mass is 10.3. The first-order valence-electron chi connectivity index (χ1n) is 5.03. The number of carbonyl (C=O) groups is 1. The van der Waals surface area contributed by atoms with Gasteiger partial charge in [0.05, 0.1) is 7.11 Å². The highest BCUT2D eigenvalue weighted by Crippen LogP contribution is 2.23. The highest BCUT2D eigenvalue weighted by Gasteiger charge is 2.16. The molecule has 0 bridgehead atoms. The Morgan fingerprint density at radius 3 is 2.50 bits per heavy atom. The Morgan fingerprint density at radius 2 is 1.83 bits per heavy atom. The molecular formula is C12H9BrN2O3. The number of hydrogen-bond donors (Lipinski definition) is 0. The third-order valence-electron chi connectivity index (χ3n) is 2.07. The molecule has 1 aromatic heterocycles. The van der Waals surface area contributed by atoms with Crippen LogP contribution in [0.3, 0.4) is 0 Å². The first-order chi connectivity index (χ1) is 8.70. The number of aromatic nitrogens is 2. The van der Waals surface area contributed by atoms with Crippen LogP contribution in [0.25, 0.3) is 0 Å². The van der Waals surface area contributed by atoms with Crippen LogP contribution in [-0.2, 0) is 4.74 Å². The zero-order valence-corrected chi connectivity index (χ0v) is 11.0. The number of rotatable bonds is 3. The number of ether oxygens (including phenoxy) is 2. The molecule has 0 saturated heterocycles. The van der Waals surface area contributed by atoms with Gasteiger partial charge in [-0.15, -0.1) is 0 Å². The average molecular weight is 309 g/mol. The van der Waals surface area contributed by atoms with Crippen LogP contribution in [0.2, 0.25) is 0 Å². The van der Waals surface area contributed by atoms with E-state index in [1.165, 1.54) is 19.5 Å². The second-order valence-electron chi connectivity index (χ2n) is 3.26. The number of nitrogens with zero attached hydrogens (tertiary/aromatic N) is 2. The van der Waals surface area contributed by atoms with Crippen LogP contribution in [0.4, 0.5) is 0 Å². The molecule has 1 heterocycles. The number of methoxy groups -OCH3 is 1. The van der Waals surface area contributed by atoms with Crippen LogP contribution in [0.15, 0.2) is 41.1 Å². The van der Waals surface area contributed by atoms with Crippen molar-refractivity contribution >= 4 is 21.9 Å². The van der Waals surface area contributed by atoms with E-state index < -0.39 is 5.97 Å². The second-order valence-corrected chi connectivity index (χ2v) is 4.17. The Labute approximate surface area is 112 Å². The molecule has 0 aliphatic carbocycles. The zero-order valence-electron chi connectivity index (χ0n) is 9.46. The monoisotopic (exact) mass is 308 g/mol. The third-order valence-corrected chi connectivity index (χ3v) is 2.60. The minimum absolute atomic E-state index is 0.0444. The molecule has 0 amide bonds. The van der Waals surface area contributed by atoms with Crippen molar-refractivity contribution in [1.29, 1.82) is 0 Å². The molecule has 0 atom stereocenters. The molecule has 92 valence electrons. The first-order valence-corrected chi connectivity index (χ1v) is 5.83. The van der Waals surface area contributed by atoms with Gasteiger partial charge in [0, 0.05) is 16.9 Å². The van der Waals surface area contributed by atoms with Gasteiger partial charge >= 0.3 is 5.97 Å². The summed E-state index contributed by atoms with van der Waals surface area (Å²) in [5.74, 6) is 0.0886. The molecule has 0 saturated carbocycles. The van der Waals surface area contributed by atoms with Crippen molar-refractivity contribution in [2.45, 2.75) is 0 Å². The molecule has 0 fully saturated rings. The van der Waals surface area contributed by atoms with Gasteiger partial charge in [-0.1, -0.05) is 15.9 Å². The van der Waals surface area contributed by atoms with E-state index in [0.29, 0.717) is 5.75 Å². The molecule has 18 heavy (non-hydrogen) atoms. The fourth-order valence-corrected chi connectivity index (χ4v) is 1.52. The minimum atomic E-state index is -0.588. The SMILES string of the molecule is COC(=O)c1nccnc1Oc1ccc(Br)cc1. The van der Waals surface area contributed by atoms with Crippen molar-refractivity contribution in [1.82, 2.24) is 9.97 Å². The molecule has 0 aliphatic rings. The zero-order chi connectivity index (χ0) is 13.0. The molecule has 0 N–H and O–H groups in total. The smallest absolute Gasteiger partial charge is 0.362 e. The Bertz CT molecular complexity index is 558. The fraction of sp³-hybridized carbons (Fsp3) is 0.0833. The molecule has 2 rings (SSSR count). The van der Waals surface area contributed by atoms with Crippen LogP contribution >= 0.6 is 15.9 Å². The molecule has 0 unspecified atom stereocenters. The van der Waals surface area contributed by atoms with Crippen LogP contribution in [0.5, 0.6) is 11.6 Å². The summed E-state index contributed by atoms with van der Waals surface area (Å²) >= 11 is 3.32. The Balaban J connectivity index is 2.28. The molecule has 0 spiro atoms. The second kappa shape index (κ2) is 5.59. The van der Waals surface area contributed by atoms with Crippen LogP contribution < -0.4 is 4.74 Å². The van der Waals surface area contributed by atoms with Crippen molar-refractivity contribution in [3.63, 3.8) is 0 Å². The Kier molecular flexibility index (Phi) is 3.88.